The second-order valence-corrected chi connectivity index (χ2v) is 10.3. The van der Waals surface area contributed by atoms with Crippen LogP contribution in [0.2, 0.25) is 5.02 Å². The average molecular weight is 475 g/mol. The number of sulfonamides is 1. The molecule has 0 spiro atoms. The van der Waals surface area contributed by atoms with Crippen LogP contribution in [0, 0.1) is 0 Å². The summed E-state index contributed by atoms with van der Waals surface area (Å²) >= 11 is 7.59. The number of amides is 1. The second-order valence-electron chi connectivity index (χ2n) is 6.86. The number of hydrogen-bond donors (Lipinski definition) is 1. The molecule has 0 aliphatic rings. The van der Waals surface area contributed by atoms with Crippen LogP contribution in [0.1, 0.15) is 13.3 Å². The molecule has 31 heavy (non-hydrogen) atoms. The molecule has 3 aromatic rings. The van der Waals surface area contributed by atoms with Gasteiger partial charge in [0.2, 0.25) is 15.9 Å². The van der Waals surface area contributed by atoms with Crippen molar-refractivity contribution in [2.24, 2.45) is 0 Å². The molecule has 0 bridgehead atoms. The van der Waals surface area contributed by atoms with Crippen molar-refractivity contribution in [1.82, 2.24) is 0 Å². The molecule has 0 fully saturated rings. The van der Waals surface area contributed by atoms with Crippen molar-refractivity contribution in [2.45, 2.75) is 29.2 Å². The molecule has 1 N–H and O–H groups in total. The molecule has 1 amide bonds. The summed E-state index contributed by atoms with van der Waals surface area (Å²) in [4.78, 5) is 15.1. The van der Waals surface area contributed by atoms with E-state index in [2.05, 4.69) is 5.32 Å². The van der Waals surface area contributed by atoms with Crippen LogP contribution < -0.4 is 9.62 Å². The van der Waals surface area contributed by atoms with Crippen molar-refractivity contribution in [2.75, 3.05) is 15.9 Å². The Bertz CT molecular complexity index is 1150. The Morgan fingerprint density at radius 3 is 2.35 bits per heavy atom. The fourth-order valence-corrected chi connectivity index (χ4v) is 5.47. The number of nitrogens with one attached hydrogen (secondary N) is 1. The van der Waals surface area contributed by atoms with Crippen LogP contribution in [-0.4, -0.2) is 26.6 Å². The van der Waals surface area contributed by atoms with Crippen LogP contribution in [0.15, 0.2) is 88.7 Å². The van der Waals surface area contributed by atoms with Gasteiger partial charge in [-0.2, -0.15) is 0 Å². The van der Waals surface area contributed by atoms with Crippen molar-refractivity contribution < 1.29 is 13.2 Å². The predicted octanol–water partition coefficient (Wildman–Crippen LogP) is 5.67. The van der Waals surface area contributed by atoms with E-state index >= 15 is 0 Å². The highest BCUT2D eigenvalue weighted by molar-refractivity contribution is 7.99. The van der Waals surface area contributed by atoms with Crippen molar-refractivity contribution in [3.05, 3.63) is 83.9 Å². The molecular weight excluding hydrogens is 452 g/mol. The summed E-state index contributed by atoms with van der Waals surface area (Å²) in [5, 5.41) is 3.31. The van der Waals surface area contributed by atoms with Gasteiger partial charge in [0.25, 0.3) is 0 Å². The quantitative estimate of drug-likeness (QED) is 0.456. The first-order valence-electron chi connectivity index (χ1n) is 9.67. The summed E-state index contributed by atoms with van der Waals surface area (Å²) in [6, 6.07) is 22.8. The second kappa shape index (κ2) is 10.2. The monoisotopic (exact) mass is 474 g/mol. The van der Waals surface area contributed by atoms with E-state index < -0.39 is 22.0 Å². The topological polar surface area (TPSA) is 66.5 Å². The van der Waals surface area contributed by atoms with Crippen molar-refractivity contribution in [3.63, 3.8) is 0 Å². The number of benzene rings is 3. The van der Waals surface area contributed by atoms with E-state index in [0.717, 1.165) is 20.4 Å². The Morgan fingerprint density at radius 2 is 1.71 bits per heavy atom. The molecular formula is C23H23ClN2O3S2. The van der Waals surface area contributed by atoms with Gasteiger partial charge < -0.3 is 5.32 Å². The summed E-state index contributed by atoms with van der Waals surface area (Å²) < 4.78 is 26.3. The third kappa shape index (κ3) is 6.03. The zero-order chi connectivity index (χ0) is 22.4. The van der Waals surface area contributed by atoms with Crippen molar-refractivity contribution >= 4 is 50.7 Å². The molecule has 0 aromatic heterocycles. The van der Waals surface area contributed by atoms with Crippen LogP contribution in [0.5, 0.6) is 0 Å². The third-order valence-corrected chi connectivity index (χ3v) is 7.01. The van der Waals surface area contributed by atoms with Gasteiger partial charge in [-0.3, -0.25) is 9.10 Å². The molecule has 8 heteroatoms. The smallest absolute Gasteiger partial charge is 0.248 e. The van der Waals surface area contributed by atoms with Crippen molar-refractivity contribution in [3.8, 4) is 0 Å². The maximum Gasteiger partial charge on any atom is 0.248 e. The Balaban J connectivity index is 1.90. The molecule has 0 saturated heterocycles. The number of anilines is 2. The summed E-state index contributed by atoms with van der Waals surface area (Å²) in [7, 11) is -3.73. The molecule has 0 saturated carbocycles. The Kier molecular flexibility index (Phi) is 7.64. The Morgan fingerprint density at radius 1 is 1.03 bits per heavy atom. The number of halogens is 1. The van der Waals surface area contributed by atoms with E-state index in [4.69, 9.17) is 11.6 Å². The van der Waals surface area contributed by atoms with Crippen LogP contribution in [0.4, 0.5) is 11.4 Å². The summed E-state index contributed by atoms with van der Waals surface area (Å²) in [5.74, 6) is -0.408. The number of rotatable bonds is 8. The minimum absolute atomic E-state index is 0.291. The van der Waals surface area contributed by atoms with Crippen LogP contribution in [0.25, 0.3) is 0 Å². The minimum atomic E-state index is -3.73. The Labute approximate surface area is 192 Å². The van der Waals surface area contributed by atoms with Gasteiger partial charge in [-0.25, -0.2) is 8.42 Å². The Hall–Kier alpha value is -2.48. The van der Waals surface area contributed by atoms with E-state index in [-0.39, 0.29) is 0 Å². The fourth-order valence-electron chi connectivity index (χ4n) is 3.16. The lowest BCUT2D eigenvalue weighted by molar-refractivity contribution is -0.117. The summed E-state index contributed by atoms with van der Waals surface area (Å²) in [6.07, 6.45) is 1.38. The number of hydrogen-bond acceptors (Lipinski definition) is 4. The fraction of sp³-hybridized carbons (Fsp3) is 0.174. The number of nitrogens with zero attached hydrogens (tertiary/aromatic N) is 1. The molecule has 0 aliphatic carbocycles. The first-order chi connectivity index (χ1) is 14.8. The van der Waals surface area contributed by atoms with Crippen molar-refractivity contribution in [1.29, 1.82) is 0 Å². The number of carbonyl (C=O) groups is 1. The molecule has 1 atom stereocenters. The summed E-state index contributed by atoms with van der Waals surface area (Å²) in [5.41, 5.74) is 0.975. The van der Waals surface area contributed by atoms with E-state index in [9.17, 15) is 13.2 Å². The molecule has 3 rings (SSSR count). The van der Waals surface area contributed by atoms with E-state index in [0.29, 0.717) is 22.8 Å². The van der Waals surface area contributed by atoms with Gasteiger partial charge in [0, 0.05) is 14.8 Å². The molecule has 0 aliphatic heterocycles. The standard InChI is InChI=1S/C23H23ClN2O3S2/c1-3-21(26(31(2,28)29)18-11-9-10-17(24)16-18)23(27)25-20-14-7-8-15-22(20)30-19-12-5-4-6-13-19/h4-16,21H,3H2,1-2H3,(H,25,27). The van der Waals surface area contributed by atoms with Gasteiger partial charge in [0.05, 0.1) is 17.6 Å². The summed E-state index contributed by atoms with van der Waals surface area (Å²) in [6.45, 7) is 1.78. The molecule has 5 nitrogen and oxygen atoms in total. The van der Waals surface area contributed by atoms with Crippen LogP contribution in [0.3, 0.4) is 0 Å². The van der Waals surface area contributed by atoms with Gasteiger partial charge in [0.1, 0.15) is 6.04 Å². The van der Waals surface area contributed by atoms with Gasteiger partial charge in [-0.15, -0.1) is 0 Å². The first kappa shape index (κ1) is 23.2. The number of para-hydroxylation sites is 1. The third-order valence-electron chi connectivity index (χ3n) is 4.51. The molecule has 1 unspecified atom stereocenters. The highest BCUT2D eigenvalue weighted by atomic mass is 35.5. The first-order valence-corrected chi connectivity index (χ1v) is 12.7. The largest absolute Gasteiger partial charge is 0.323 e. The molecule has 3 aromatic carbocycles. The van der Waals surface area contributed by atoms with E-state index in [1.165, 1.54) is 17.8 Å². The minimum Gasteiger partial charge on any atom is -0.323 e. The molecule has 0 heterocycles. The lowest BCUT2D eigenvalue weighted by Gasteiger charge is -2.30. The van der Waals surface area contributed by atoms with E-state index in [1.54, 1.807) is 31.2 Å². The highest BCUT2D eigenvalue weighted by Crippen LogP contribution is 2.34. The maximum absolute atomic E-state index is 13.2. The normalized spacial score (nSPS) is 12.2. The van der Waals surface area contributed by atoms with Gasteiger partial charge in [-0.1, -0.05) is 66.7 Å². The molecule has 162 valence electrons. The number of carbonyl (C=O) groups excluding carboxylic acids is 1. The van der Waals surface area contributed by atoms with Crippen LogP contribution in [-0.2, 0) is 14.8 Å². The highest BCUT2D eigenvalue weighted by Gasteiger charge is 2.32. The molecule has 0 radical (unpaired) electrons. The zero-order valence-corrected chi connectivity index (χ0v) is 19.5. The van der Waals surface area contributed by atoms with Crippen LogP contribution >= 0.6 is 23.4 Å². The van der Waals surface area contributed by atoms with E-state index in [1.807, 2.05) is 48.5 Å². The average Bonchev–Trinajstić information content (AvgIpc) is 2.73. The maximum atomic E-state index is 13.2. The lowest BCUT2D eigenvalue weighted by atomic mass is 10.2. The van der Waals surface area contributed by atoms with Gasteiger partial charge >= 0.3 is 0 Å². The zero-order valence-electron chi connectivity index (χ0n) is 17.2. The lowest BCUT2D eigenvalue weighted by Crippen LogP contribution is -2.47. The predicted molar refractivity (Wildman–Crippen MR) is 128 cm³/mol. The SMILES string of the molecule is CCC(C(=O)Nc1ccccc1Sc1ccccc1)N(c1cccc(Cl)c1)S(C)(=O)=O. The van der Waals surface area contributed by atoms with Gasteiger partial charge in [0.15, 0.2) is 0 Å². The van der Waals surface area contributed by atoms with Gasteiger partial charge in [-0.05, 0) is 48.9 Å².